The molecule has 0 aromatic heterocycles. The molecule has 104 valence electrons. The number of carbonyl (C=O) groups excluding carboxylic acids is 1. The summed E-state index contributed by atoms with van der Waals surface area (Å²) in [6.45, 7) is 1.80. The normalized spacial score (nSPS) is 23.1. The quantitative estimate of drug-likeness (QED) is 0.894. The van der Waals surface area contributed by atoms with Crippen molar-refractivity contribution in [2.24, 2.45) is 0 Å². The van der Waals surface area contributed by atoms with E-state index in [1.165, 1.54) is 12.8 Å². The van der Waals surface area contributed by atoms with E-state index in [2.05, 4.69) is 11.6 Å². The predicted octanol–water partition coefficient (Wildman–Crippen LogP) is 3.10. The number of amides is 1. The number of nitrogens with one attached hydrogen (secondary N) is 1. The standard InChI is InChI=1S/C15H21NO2S/c1-10-9-11(3-8-14(10)17)15(18)16-12-4-6-13(19-2)7-5-12/h3,8-9,12-13,17H,4-7H2,1-2H3,(H,16,18). The van der Waals surface area contributed by atoms with Crippen LogP contribution in [0.2, 0.25) is 0 Å². The van der Waals surface area contributed by atoms with Crippen LogP contribution in [0.4, 0.5) is 0 Å². The van der Waals surface area contributed by atoms with Crippen molar-refractivity contribution in [1.82, 2.24) is 5.32 Å². The van der Waals surface area contributed by atoms with Gasteiger partial charge in [-0.05, 0) is 62.6 Å². The minimum Gasteiger partial charge on any atom is -0.508 e. The Hall–Kier alpha value is -1.16. The number of phenolic OH excluding ortho intramolecular Hbond substituents is 1. The molecule has 1 aromatic carbocycles. The van der Waals surface area contributed by atoms with Crippen LogP contribution in [0.3, 0.4) is 0 Å². The van der Waals surface area contributed by atoms with Crippen LogP contribution in [0.5, 0.6) is 5.75 Å². The second kappa shape index (κ2) is 6.33. The topological polar surface area (TPSA) is 49.3 Å². The third-order valence-electron chi connectivity index (χ3n) is 3.80. The molecular weight excluding hydrogens is 258 g/mol. The fraction of sp³-hybridized carbons (Fsp3) is 0.533. The zero-order valence-electron chi connectivity index (χ0n) is 11.5. The minimum absolute atomic E-state index is 0.0318. The summed E-state index contributed by atoms with van der Waals surface area (Å²) in [6, 6.07) is 5.28. The van der Waals surface area contributed by atoms with E-state index in [1.807, 2.05) is 11.8 Å². The van der Waals surface area contributed by atoms with Crippen molar-refractivity contribution in [3.05, 3.63) is 29.3 Å². The van der Waals surface area contributed by atoms with Gasteiger partial charge >= 0.3 is 0 Å². The van der Waals surface area contributed by atoms with E-state index in [0.717, 1.165) is 23.7 Å². The summed E-state index contributed by atoms with van der Waals surface area (Å²) in [5, 5.41) is 13.3. The number of thioether (sulfide) groups is 1. The Balaban J connectivity index is 1.92. The molecule has 1 aliphatic carbocycles. The number of aryl methyl sites for hydroxylation is 1. The highest BCUT2D eigenvalue weighted by molar-refractivity contribution is 7.99. The van der Waals surface area contributed by atoms with Crippen molar-refractivity contribution in [1.29, 1.82) is 0 Å². The van der Waals surface area contributed by atoms with Crippen LogP contribution >= 0.6 is 11.8 Å². The lowest BCUT2D eigenvalue weighted by Crippen LogP contribution is -2.38. The van der Waals surface area contributed by atoms with E-state index in [1.54, 1.807) is 25.1 Å². The summed E-state index contributed by atoms with van der Waals surface area (Å²) in [5.41, 5.74) is 1.36. The molecule has 0 unspecified atom stereocenters. The summed E-state index contributed by atoms with van der Waals surface area (Å²) in [6.07, 6.45) is 6.65. The first kappa shape index (κ1) is 14.3. The van der Waals surface area contributed by atoms with Crippen LogP contribution in [-0.4, -0.2) is 28.6 Å². The van der Waals surface area contributed by atoms with E-state index in [4.69, 9.17) is 0 Å². The van der Waals surface area contributed by atoms with E-state index < -0.39 is 0 Å². The fourth-order valence-electron chi connectivity index (χ4n) is 2.51. The lowest BCUT2D eigenvalue weighted by Gasteiger charge is -2.28. The summed E-state index contributed by atoms with van der Waals surface area (Å²) in [5.74, 6) is 0.202. The van der Waals surface area contributed by atoms with Gasteiger partial charge in [-0.1, -0.05) is 0 Å². The van der Waals surface area contributed by atoms with E-state index in [9.17, 15) is 9.90 Å². The van der Waals surface area contributed by atoms with Crippen molar-refractivity contribution in [3.63, 3.8) is 0 Å². The average Bonchev–Trinajstić information content (AvgIpc) is 2.42. The molecule has 0 saturated heterocycles. The van der Waals surface area contributed by atoms with Gasteiger partial charge in [0.2, 0.25) is 0 Å². The lowest BCUT2D eigenvalue weighted by molar-refractivity contribution is 0.0928. The van der Waals surface area contributed by atoms with Crippen molar-refractivity contribution >= 4 is 17.7 Å². The van der Waals surface area contributed by atoms with Crippen LogP contribution in [-0.2, 0) is 0 Å². The molecule has 2 rings (SSSR count). The Morgan fingerprint density at radius 1 is 1.32 bits per heavy atom. The Morgan fingerprint density at radius 3 is 2.58 bits per heavy atom. The van der Waals surface area contributed by atoms with Gasteiger partial charge in [-0.2, -0.15) is 11.8 Å². The SMILES string of the molecule is CSC1CCC(NC(=O)c2ccc(O)c(C)c2)CC1. The summed E-state index contributed by atoms with van der Waals surface area (Å²) >= 11 is 1.93. The molecule has 1 aromatic rings. The van der Waals surface area contributed by atoms with Crippen molar-refractivity contribution in [2.75, 3.05) is 6.26 Å². The van der Waals surface area contributed by atoms with E-state index in [0.29, 0.717) is 11.6 Å². The number of hydrogen-bond donors (Lipinski definition) is 2. The van der Waals surface area contributed by atoms with Crippen molar-refractivity contribution in [3.8, 4) is 5.75 Å². The summed E-state index contributed by atoms with van der Waals surface area (Å²) in [4.78, 5) is 12.1. The zero-order chi connectivity index (χ0) is 13.8. The molecule has 0 bridgehead atoms. The molecule has 1 saturated carbocycles. The van der Waals surface area contributed by atoms with Crippen LogP contribution in [0.25, 0.3) is 0 Å². The third-order valence-corrected chi connectivity index (χ3v) is 4.94. The van der Waals surface area contributed by atoms with Gasteiger partial charge in [-0.3, -0.25) is 4.79 Å². The molecule has 19 heavy (non-hydrogen) atoms. The largest absolute Gasteiger partial charge is 0.508 e. The van der Waals surface area contributed by atoms with Gasteiger partial charge in [0.25, 0.3) is 5.91 Å². The maximum absolute atomic E-state index is 12.1. The maximum atomic E-state index is 12.1. The van der Waals surface area contributed by atoms with Gasteiger partial charge < -0.3 is 10.4 Å². The molecule has 0 atom stereocenters. The molecule has 3 nitrogen and oxygen atoms in total. The average molecular weight is 279 g/mol. The highest BCUT2D eigenvalue weighted by Crippen LogP contribution is 2.27. The highest BCUT2D eigenvalue weighted by Gasteiger charge is 2.22. The molecule has 1 amide bonds. The zero-order valence-corrected chi connectivity index (χ0v) is 12.3. The van der Waals surface area contributed by atoms with Crippen LogP contribution < -0.4 is 5.32 Å². The first-order valence-electron chi connectivity index (χ1n) is 6.73. The molecule has 0 aliphatic heterocycles. The van der Waals surface area contributed by atoms with Gasteiger partial charge in [-0.15, -0.1) is 0 Å². The first-order valence-corrected chi connectivity index (χ1v) is 8.02. The Labute approximate surface area is 118 Å². The molecule has 4 heteroatoms. The molecule has 2 N–H and O–H groups in total. The van der Waals surface area contributed by atoms with Gasteiger partial charge in [0.05, 0.1) is 0 Å². The van der Waals surface area contributed by atoms with Gasteiger partial charge in [0, 0.05) is 16.9 Å². The predicted molar refractivity (Wildman–Crippen MR) is 79.9 cm³/mol. The van der Waals surface area contributed by atoms with Gasteiger partial charge in [-0.25, -0.2) is 0 Å². The summed E-state index contributed by atoms with van der Waals surface area (Å²) < 4.78 is 0. The fourth-order valence-corrected chi connectivity index (χ4v) is 3.25. The first-order chi connectivity index (χ1) is 9.10. The number of hydrogen-bond acceptors (Lipinski definition) is 3. The number of phenols is 1. The lowest BCUT2D eigenvalue weighted by atomic mass is 9.94. The summed E-state index contributed by atoms with van der Waals surface area (Å²) in [7, 11) is 0. The Bertz CT molecular complexity index is 453. The molecule has 1 aliphatic rings. The van der Waals surface area contributed by atoms with Crippen LogP contribution in [0.15, 0.2) is 18.2 Å². The number of carbonyl (C=O) groups is 1. The number of aromatic hydroxyl groups is 1. The van der Waals surface area contributed by atoms with E-state index >= 15 is 0 Å². The molecular formula is C15H21NO2S. The molecule has 0 spiro atoms. The van der Waals surface area contributed by atoms with Crippen LogP contribution in [0, 0.1) is 6.92 Å². The highest BCUT2D eigenvalue weighted by atomic mass is 32.2. The second-order valence-electron chi connectivity index (χ2n) is 5.18. The molecule has 0 heterocycles. The third kappa shape index (κ3) is 3.66. The minimum atomic E-state index is -0.0318. The Morgan fingerprint density at radius 2 is 2.00 bits per heavy atom. The smallest absolute Gasteiger partial charge is 0.251 e. The van der Waals surface area contributed by atoms with Crippen molar-refractivity contribution in [2.45, 2.75) is 43.9 Å². The van der Waals surface area contributed by atoms with Gasteiger partial charge in [0.15, 0.2) is 0 Å². The number of rotatable bonds is 3. The molecule has 0 radical (unpaired) electrons. The Kier molecular flexibility index (Phi) is 4.75. The van der Waals surface area contributed by atoms with E-state index in [-0.39, 0.29) is 11.7 Å². The maximum Gasteiger partial charge on any atom is 0.251 e. The second-order valence-corrected chi connectivity index (χ2v) is 6.32. The van der Waals surface area contributed by atoms with Crippen molar-refractivity contribution < 1.29 is 9.90 Å². The van der Waals surface area contributed by atoms with Crippen LogP contribution in [0.1, 0.15) is 41.6 Å². The molecule has 1 fully saturated rings. The monoisotopic (exact) mass is 279 g/mol. The number of benzene rings is 1. The van der Waals surface area contributed by atoms with Gasteiger partial charge in [0.1, 0.15) is 5.75 Å².